The Morgan fingerprint density at radius 1 is 1.28 bits per heavy atom. The summed E-state index contributed by atoms with van der Waals surface area (Å²) in [5, 5.41) is 14.4. The fourth-order valence-electron chi connectivity index (χ4n) is 1.46. The third-order valence-electron chi connectivity index (χ3n) is 2.30. The van der Waals surface area contributed by atoms with Crippen molar-refractivity contribution in [1.29, 1.82) is 0 Å². The number of amides is 1. The summed E-state index contributed by atoms with van der Waals surface area (Å²) in [6.45, 7) is 2.03. The lowest BCUT2D eigenvalue weighted by molar-refractivity contribution is -0.139. The number of nitrogens with one attached hydrogen (secondary N) is 2. The number of rotatable bonds is 6. The minimum absolute atomic E-state index is 0.176. The number of carboxylic acids is 1. The van der Waals surface area contributed by atoms with Crippen LogP contribution in [0.1, 0.15) is 18.5 Å². The van der Waals surface area contributed by atoms with Crippen LogP contribution >= 0.6 is 0 Å². The molecule has 0 saturated carbocycles. The van der Waals surface area contributed by atoms with Crippen molar-refractivity contribution >= 4 is 11.9 Å². The lowest BCUT2D eigenvalue weighted by Gasteiger charge is -2.14. The molecule has 0 aliphatic carbocycles. The molecule has 0 saturated heterocycles. The third-order valence-corrected chi connectivity index (χ3v) is 2.30. The molecular weight excluding hydrogens is 239 g/mol. The molecule has 0 aromatic heterocycles. The average molecular weight is 254 g/mol. The van der Waals surface area contributed by atoms with Crippen LogP contribution in [0.4, 0.5) is 4.39 Å². The van der Waals surface area contributed by atoms with Crippen LogP contribution in [-0.2, 0) is 9.59 Å². The Bertz CT molecular complexity index is 420. The molecule has 1 aromatic carbocycles. The number of carbonyl (C=O) groups excluding carboxylic acids is 1. The van der Waals surface area contributed by atoms with Gasteiger partial charge < -0.3 is 10.4 Å². The first-order valence-corrected chi connectivity index (χ1v) is 5.47. The molecule has 6 heteroatoms. The Balaban J connectivity index is 2.57. The molecule has 0 bridgehead atoms. The lowest BCUT2D eigenvalue weighted by Crippen LogP contribution is -2.35. The van der Waals surface area contributed by atoms with E-state index in [9.17, 15) is 14.0 Å². The number of carboxylic acid groups (broad SMARTS) is 1. The summed E-state index contributed by atoms with van der Waals surface area (Å²) >= 11 is 0. The summed E-state index contributed by atoms with van der Waals surface area (Å²) in [4.78, 5) is 21.7. The zero-order valence-electron chi connectivity index (χ0n) is 9.94. The van der Waals surface area contributed by atoms with E-state index in [0.717, 1.165) is 0 Å². The maximum absolute atomic E-state index is 12.7. The van der Waals surface area contributed by atoms with Crippen molar-refractivity contribution < 1.29 is 19.1 Å². The summed E-state index contributed by atoms with van der Waals surface area (Å²) in [5.74, 6) is -1.64. The maximum atomic E-state index is 12.7. The van der Waals surface area contributed by atoms with Gasteiger partial charge in [-0.3, -0.25) is 14.9 Å². The molecule has 98 valence electrons. The van der Waals surface area contributed by atoms with Crippen LogP contribution in [0.15, 0.2) is 24.3 Å². The van der Waals surface area contributed by atoms with Crippen LogP contribution in [0, 0.1) is 5.82 Å². The van der Waals surface area contributed by atoms with Gasteiger partial charge in [-0.1, -0.05) is 12.1 Å². The molecule has 1 rings (SSSR count). The van der Waals surface area contributed by atoms with E-state index in [1.165, 1.54) is 31.2 Å². The van der Waals surface area contributed by atoms with E-state index in [1.807, 2.05) is 0 Å². The Labute approximate surface area is 104 Å². The molecule has 3 N–H and O–H groups in total. The molecule has 0 spiro atoms. The van der Waals surface area contributed by atoms with Gasteiger partial charge in [0.2, 0.25) is 5.91 Å². The molecule has 1 unspecified atom stereocenters. The van der Waals surface area contributed by atoms with Crippen molar-refractivity contribution in [2.45, 2.75) is 13.0 Å². The van der Waals surface area contributed by atoms with Crippen LogP contribution < -0.4 is 10.6 Å². The zero-order chi connectivity index (χ0) is 13.5. The molecule has 1 atom stereocenters. The number of hydrogen-bond donors (Lipinski definition) is 3. The number of hydrogen-bond acceptors (Lipinski definition) is 3. The minimum atomic E-state index is -1.05. The molecule has 1 aromatic rings. The van der Waals surface area contributed by atoms with Crippen molar-refractivity contribution in [3.63, 3.8) is 0 Å². The lowest BCUT2D eigenvalue weighted by atomic mass is 10.1. The van der Waals surface area contributed by atoms with Crippen molar-refractivity contribution in [3.05, 3.63) is 35.6 Å². The van der Waals surface area contributed by atoms with Gasteiger partial charge in [-0.15, -0.1) is 0 Å². The van der Waals surface area contributed by atoms with Gasteiger partial charge in [0.15, 0.2) is 0 Å². The van der Waals surface area contributed by atoms with Crippen LogP contribution in [0.25, 0.3) is 0 Å². The molecule has 0 radical (unpaired) electrons. The van der Waals surface area contributed by atoms with Gasteiger partial charge in [-0.25, -0.2) is 4.39 Å². The Hall–Kier alpha value is -1.95. The standard InChI is InChI=1S/C12H15FN2O3/c1-8(16)14-6-7-15-11(12(17)18)9-2-4-10(13)5-3-9/h2-5,11,15H,6-7H2,1H3,(H,14,16)(H,17,18). The van der Waals surface area contributed by atoms with E-state index in [2.05, 4.69) is 10.6 Å². The summed E-state index contributed by atoms with van der Waals surface area (Å²) in [7, 11) is 0. The monoisotopic (exact) mass is 254 g/mol. The second-order valence-corrected chi connectivity index (χ2v) is 3.76. The van der Waals surface area contributed by atoms with Crippen molar-refractivity contribution in [2.75, 3.05) is 13.1 Å². The molecular formula is C12H15FN2O3. The summed E-state index contributed by atoms with van der Waals surface area (Å²) in [6, 6.07) is 4.33. The number of halogens is 1. The highest BCUT2D eigenvalue weighted by molar-refractivity contribution is 5.75. The minimum Gasteiger partial charge on any atom is -0.480 e. The summed E-state index contributed by atoms with van der Waals surface area (Å²) < 4.78 is 12.7. The first-order chi connectivity index (χ1) is 8.50. The smallest absolute Gasteiger partial charge is 0.325 e. The highest BCUT2D eigenvalue weighted by atomic mass is 19.1. The highest BCUT2D eigenvalue weighted by Crippen LogP contribution is 2.13. The quantitative estimate of drug-likeness (QED) is 0.652. The Morgan fingerprint density at radius 3 is 2.39 bits per heavy atom. The second-order valence-electron chi connectivity index (χ2n) is 3.76. The SMILES string of the molecule is CC(=O)NCCNC(C(=O)O)c1ccc(F)cc1. The average Bonchev–Trinajstić information content (AvgIpc) is 2.30. The van der Waals surface area contributed by atoms with Gasteiger partial charge in [0.05, 0.1) is 0 Å². The van der Waals surface area contributed by atoms with Crippen LogP contribution in [0.2, 0.25) is 0 Å². The summed E-state index contributed by atoms with van der Waals surface area (Å²) in [6.07, 6.45) is 0. The molecule has 0 fully saturated rings. The fourth-order valence-corrected chi connectivity index (χ4v) is 1.46. The van der Waals surface area contributed by atoms with Gasteiger partial charge >= 0.3 is 5.97 Å². The van der Waals surface area contributed by atoms with Crippen molar-refractivity contribution in [2.24, 2.45) is 0 Å². The van der Waals surface area contributed by atoms with Gasteiger partial charge in [-0.2, -0.15) is 0 Å². The number of aliphatic carboxylic acids is 1. The molecule has 5 nitrogen and oxygen atoms in total. The number of benzene rings is 1. The van der Waals surface area contributed by atoms with Gasteiger partial charge in [0.1, 0.15) is 11.9 Å². The molecule has 0 heterocycles. The number of carbonyl (C=O) groups is 2. The van der Waals surface area contributed by atoms with E-state index >= 15 is 0 Å². The molecule has 0 aliphatic rings. The summed E-state index contributed by atoms with van der Waals surface area (Å²) in [5.41, 5.74) is 0.465. The van der Waals surface area contributed by atoms with E-state index in [-0.39, 0.29) is 5.91 Å². The van der Waals surface area contributed by atoms with Gasteiger partial charge in [0, 0.05) is 20.0 Å². The predicted molar refractivity (Wildman–Crippen MR) is 63.5 cm³/mol. The normalized spacial score (nSPS) is 11.9. The van der Waals surface area contributed by atoms with Crippen LogP contribution in [-0.4, -0.2) is 30.1 Å². The van der Waals surface area contributed by atoms with Crippen molar-refractivity contribution in [3.8, 4) is 0 Å². The van der Waals surface area contributed by atoms with Crippen LogP contribution in [0.3, 0.4) is 0 Å². The van der Waals surface area contributed by atoms with E-state index < -0.39 is 17.8 Å². The van der Waals surface area contributed by atoms with Gasteiger partial charge in [-0.05, 0) is 17.7 Å². The van der Waals surface area contributed by atoms with Crippen molar-refractivity contribution in [1.82, 2.24) is 10.6 Å². The first kappa shape index (κ1) is 14.1. The largest absolute Gasteiger partial charge is 0.480 e. The van der Waals surface area contributed by atoms with E-state index in [0.29, 0.717) is 18.7 Å². The topological polar surface area (TPSA) is 78.4 Å². The fraction of sp³-hybridized carbons (Fsp3) is 0.333. The van der Waals surface area contributed by atoms with E-state index in [4.69, 9.17) is 5.11 Å². The maximum Gasteiger partial charge on any atom is 0.325 e. The van der Waals surface area contributed by atoms with Crippen LogP contribution in [0.5, 0.6) is 0 Å². The first-order valence-electron chi connectivity index (χ1n) is 5.47. The van der Waals surface area contributed by atoms with E-state index in [1.54, 1.807) is 0 Å². The Morgan fingerprint density at radius 2 is 1.89 bits per heavy atom. The molecule has 0 aliphatic heterocycles. The molecule has 18 heavy (non-hydrogen) atoms. The third kappa shape index (κ3) is 4.50. The highest BCUT2D eigenvalue weighted by Gasteiger charge is 2.18. The molecule has 1 amide bonds. The second kappa shape index (κ2) is 6.70. The predicted octanol–water partition coefficient (Wildman–Crippen LogP) is 0.677. The van der Waals surface area contributed by atoms with Gasteiger partial charge in [0.25, 0.3) is 0 Å². The Kier molecular flexibility index (Phi) is 5.26. The zero-order valence-corrected chi connectivity index (χ0v) is 9.94.